The van der Waals surface area contributed by atoms with Gasteiger partial charge in [-0.3, -0.25) is 9.69 Å². The Morgan fingerprint density at radius 1 is 1.28 bits per heavy atom. The van der Waals surface area contributed by atoms with E-state index in [9.17, 15) is 4.79 Å². The van der Waals surface area contributed by atoms with Gasteiger partial charge in [0.2, 0.25) is 5.91 Å². The van der Waals surface area contributed by atoms with Crippen molar-refractivity contribution in [2.75, 3.05) is 13.1 Å². The number of hydrogen-bond donors (Lipinski definition) is 2. The lowest BCUT2D eigenvalue weighted by atomic mass is 9.80. The third-order valence-electron chi connectivity index (χ3n) is 4.90. The van der Waals surface area contributed by atoms with Gasteiger partial charge in [0.05, 0.1) is 0 Å². The fraction of sp³-hybridized carbons (Fsp3) is 0.929. The minimum atomic E-state index is 0.242. The minimum absolute atomic E-state index is 0.242. The van der Waals surface area contributed by atoms with E-state index in [1.165, 1.54) is 32.1 Å². The van der Waals surface area contributed by atoms with Gasteiger partial charge in [-0.05, 0) is 32.2 Å². The van der Waals surface area contributed by atoms with E-state index in [0.717, 1.165) is 19.5 Å². The molecule has 3 rings (SSSR count). The predicted octanol–water partition coefficient (Wildman–Crippen LogP) is 0.870. The third-order valence-corrected chi connectivity index (χ3v) is 4.90. The zero-order chi connectivity index (χ0) is 12.5. The highest BCUT2D eigenvalue weighted by Crippen LogP contribution is 2.36. The summed E-state index contributed by atoms with van der Waals surface area (Å²) in [5.41, 5.74) is 0. The molecule has 3 fully saturated rings. The van der Waals surface area contributed by atoms with Crippen molar-refractivity contribution in [2.24, 2.45) is 0 Å². The molecule has 4 nitrogen and oxygen atoms in total. The van der Waals surface area contributed by atoms with Crippen LogP contribution in [0, 0.1) is 0 Å². The van der Waals surface area contributed by atoms with Crippen molar-refractivity contribution < 1.29 is 4.79 Å². The highest BCUT2D eigenvalue weighted by Gasteiger charge is 2.43. The van der Waals surface area contributed by atoms with Crippen LogP contribution in [0.5, 0.6) is 0 Å². The average molecular weight is 251 g/mol. The van der Waals surface area contributed by atoms with E-state index in [1.54, 1.807) is 0 Å². The van der Waals surface area contributed by atoms with Gasteiger partial charge in [-0.15, -0.1) is 0 Å². The molecule has 102 valence electrons. The number of amides is 1. The monoisotopic (exact) mass is 251 g/mol. The summed E-state index contributed by atoms with van der Waals surface area (Å²) in [6.07, 6.45) is 7.29. The molecule has 0 aromatic rings. The smallest absolute Gasteiger partial charge is 0.221 e. The Morgan fingerprint density at radius 3 is 2.56 bits per heavy atom. The second-order valence-corrected chi connectivity index (χ2v) is 6.07. The highest BCUT2D eigenvalue weighted by atomic mass is 16.1. The van der Waals surface area contributed by atoms with Crippen molar-refractivity contribution in [3.05, 3.63) is 0 Å². The molecule has 0 aliphatic carbocycles. The quantitative estimate of drug-likeness (QED) is 0.782. The van der Waals surface area contributed by atoms with Crippen LogP contribution in [-0.4, -0.2) is 48.1 Å². The zero-order valence-electron chi connectivity index (χ0n) is 11.3. The molecule has 2 N–H and O–H groups in total. The van der Waals surface area contributed by atoms with Gasteiger partial charge >= 0.3 is 0 Å². The fourth-order valence-electron chi connectivity index (χ4n) is 4.27. The van der Waals surface area contributed by atoms with Crippen LogP contribution < -0.4 is 10.6 Å². The van der Waals surface area contributed by atoms with E-state index in [2.05, 4.69) is 22.5 Å². The second-order valence-electron chi connectivity index (χ2n) is 6.07. The topological polar surface area (TPSA) is 44.4 Å². The van der Waals surface area contributed by atoms with Gasteiger partial charge in [0, 0.05) is 37.1 Å². The van der Waals surface area contributed by atoms with E-state index in [4.69, 9.17) is 0 Å². The summed E-state index contributed by atoms with van der Waals surface area (Å²) in [4.78, 5) is 14.1. The number of carbonyl (C=O) groups excluding carboxylic acids is 1. The van der Waals surface area contributed by atoms with E-state index in [0.29, 0.717) is 24.2 Å². The molecule has 18 heavy (non-hydrogen) atoms. The van der Waals surface area contributed by atoms with Crippen LogP contribution in [-0.2, 0) is 4.79 Å². The van der Waals surface area contributed by atoms with Crippen molar-refractivity contribution in [2.45, 2.75) is 69.6 Å². The van der Waals surface area contributed by atoms with Crippen LogP contribution >= 0.6 is 0 Å². The Balaban J connectivity index is 1.69. The summed E-state index contributed by atoms with van der Waals surface area (Å²) in [5, 5.41) is 6.62. The van der Waals surface area contributed by atoms with Crippen LogP contribution in [0.2, 0.25) is 0 Å². The maximum absolute atomic E-state index is 11.4. The molecule has 0 saturated carbocycles. The Hall–Kier alpha value is -0.610. The van der Waals surface area contributed by atoms with Crippen LogP contribution in [0.25, 0.3) is 0 Å². The fourth-order valence-corrected chi connectivity index (χ4v) is 4.27. The normalized spacial score (nSPS) is 40.8. The lowest BCUT2D eigenvalue weighted by molar-refractivity contribution is -0.119. The first kappa shape index (κ1) is 12.4. The number of rotatable bonds is 3. The molecule has 0 aromatic heterocycles. The molecule has 1 amide bonds. The number of piperidine rings is 2. The lowest BCUT2D eigenvalue weighted by Crippen LogP contribution is -2.60. The Labute approximate surface area is 109 Å². The van der Waals surface area contributed by atoms with Crippen LogP contribution in [0.1, 0.15) is 45.4 Å². The largest absolute Gasteiger partial charge is 0.354 e. The van der Waals surface area contributed by atoms with Crippen LogP contribution in [0.3, 0.4) is 0 Å². The number of fused-ring (bicyclic) bond motifs is 2. The van der Waals surface area contributed by atoms with Gasteiger partial charge in [0.15, 0.2) is 0 Å². The summed E-state index contributed by atoms with van der Waals surface area (Å²) < 4.78 is 0. The highest BCUT2D eigenvalue weighted by molar-refractivity contribution is 5.78. The second kappa shape index (κ2) is 5.17. The third kappa shape index (κ3) is 2.28. The molecule has 3 unspecified atom stereocenters. The van der Waals surface area contributed by atoms with Gasteiger partial charge in [-0.2, -0.15) is 0 Å². The predicted molar refractivity (Wildman–Crippen MR) is 71.4 cm³/mol. The van der Waals surface area contributed by atoms with Crippen LogP contribution in [0.4, 0.5) is 0 Å². The number of nitrogens with one attached hydrogen (secondary N) is 2. The van der Waals surface area contributed by atoms with E-state index < -0.39 is 0 Å². The van der Waals surface area contributed by atoms with Crippen molar-refractivity contribution >= 4 is 5.91 Å². The molecular formula is C14H25N3O. The summed E-state index contributed by atoms with van der Waals surface area (Å²) >= 11 is 0. The number of hydrogen-bond acceptors (Lipinski definition) is 3. The van der Waals surface area contributed by atoms with Crippen LogP contribution in [0.15, 0.2) is 0 Å². The van der Waals surface area contributed by atoms with Crippen molar-refractivity contribution in [1.29, 1.82) is 0 Å². The SMILES string of the molecule is CCNC1CC2CCCC(C1)N2C1CNC(=O)C1. The molecule has 0 spiro atoms. The summed E-state index contributed by atoms with van der Waals surface area (Å²) in [5.74, 6) is 0.242. The molecule has 3 aliphatic heterocycles. The molecule has 2 bridgehead atoms. The number of nitrogens with zero attached hydrogens (tertiary/aromatic N) is 1. The zero-order valence-corrected chi connectivity index (χ0v) is 11.3. The number of carbonyl (C=O) groups is 1. The average Bonchev–Trinajstić information content (AvgIpc) is 2.75. The van der Waals surface area contributed by atoms with Gasteiger partial charge in [0.25, 0.3) is 0 Å². The maximum Gasteiger partial charge on any atom is 0.221 e. The summed E-state index contributed by atoms with van der Waals surface area (Å²) in [7, 11) is 0. The van der Waals surface area contributed by atoms with Gasteiger partial charge in [-0.25, -0.2) is 0 Å². The molecule has 3 aliphatic rings. The van der Waals surface area contributed by atoms with E-state index >= 15 is 0 Å². The molecule has 4 heteroatoms. The Morgan fingerprint density at radius 2 is 2.00 bits per heavy atom. The molecule has 3 saturated heterocycles. The van der Waals surface area contributed by atoms with Crippen molar-refractivity contribution in [1.82, 2.24) is 15.5 Å². The first-order valence-corrected chi connectivity index (χ1v) is 7.55. The van der Waals surface area contributed by atoms with Crippen molar-refractivity contribution in [3.63, 3.8) is 0 Å². The first-order chi connectivity index (χ1) is 8.78. The Bertz CT molecular complexity index is 306. The Kier molecular flexibility index (Phi) is 3.57. The lowest BCUT2D eigenvalue weighted by Gasteiger charge is -2.51. The van der Waals surface area contributed by atoms with E-state index in [-0.39, 0.29) is 5.91 Å². The van der Waals surface area contributed by atoms with E-state index in [1.807, 2.05) is 0 Å². The molecule has 3 heterocycles. The standard InChI is InChI=1S/C14H25N3O/c1-2-15-10-6-11-4-3-5-12(7-10)17(11)13-8-14(18)16-9-13/h10-13,15H,2-9H2,1H3,(H,16,18). The van der Waals surface area contributed by atoms with Gasteiger partial charge < -0.3 is 10.6 Å². The van der Waals surface area contributed by atoms with Crippen molar-refractivity contribution in [3.8, 4) is 0 Å². The minimum Gasteiger partial charge on any atom is -0.354 e. The van der Waals surface area contributed by atoms with Gasteiger partial charge in [0.1, 0.15) is 0 Å². The summed E-state index contributed by atoms with van der Waals surface area (Å²) in [6, 6.07) is 2.58. The molecule has 0 radical (unpaired) electrons. The summed E-state index contributed by atoms with van der Waals surface area (Å²) in [6.45, 7) is 4.15. The molecular weight excluding hydrogens is 226 g/mol. The molecule has 3 atom stereocenters. The molecule has 0 aromatic carbocycles. The first-order valence-electron chi connectivity index (χ1n) is 7.55. The maximum atomic E-state index is 11.4. The van der Waals surface area contributed by atoms with Gasteiger partial charge in [-0.1, -0.05) is 13.3 Å².